The highest BCUT2D eigenvalue weighted by molar-refractivity contribution is 7.98. The number of thioether (sulfide) groups is 1. The molecule has 4 heteroatoms. The molecule has 92 valence electrons. The van der Waals surface area contributed by atoms with E-state index in [9.17, 15) is 9.18 Å². The standard InChI is InChI=1S/C14H10ClFOS/c15-12-4-5-14(16)11(7-12)9-18-13-3-1-2-10(6-13)8-17/h1-8H,9H2. The molecule has 0 heterocycles. The zero-order chi connectivity index (χ0) is 13.0. The third-order valence-corrected chi connectivity index (χ3v) is 3.67. The highest BCUT2D eigenvalue weighted by Crippen LogP contribution is 2.26. The van der Waals surface area contributed by atoms with Crippen LogP contribution in [-0.4, -0.2) is 6.29 Å². The van der Waals surface area contributed by atoms with E-state index in [1.54, 1.807) is 24.3 Å². The molecule has 0 N–H and O–H groups in total. The molecule has 1 nitrogen and oxygen atoms in total. The summed E-state index contributed by atoms with van der Waals surface area (Å²) in [6, 6.07) is 11.7. The van der Waals surface area contributed by atoms with Crippen molar-refractivity contribution < 1.29 is 9.18 Å². The first-order valence-corrected chi connectivity index (χ1v) is 6.67. The largest absolute Gasteiger partial charge is 0.298 e. The minimum Gasteiger partial charge on any atom is -0.298 e. The van der Waals surface area contributed by atoms with Crippen LogP contribution in [0.3, 0.4) is 0 Å². The van der Waals surface area contributed by atoms with Crippen molar-refractivity contribution in [3.05, 3.63) is 64.4 Å². The second kappa shape index (κ2) is 6.03. The average molecular weight is 281 g/mol. The van der Waals surface area contributed by atoms with Crippen LogP contribution in [0.4, 0.5) is 4.39 Å². The number of aldehydes is 1. The van der Waals surface area contributed by atoms with E-state index in [2.05, 4.69) is 0 Å². The van der Waals surface area contributed by atoms with E-state index in [1.165, 1.54) is 23.9 Å². The van der Waals surface area contributed by atoms with Crippen molar-refractivity contribution in [3.63, 3.8) is 0 Å². The number of benzene rings is 2. The molecule has 0 aliphatic rings. The monoisotopic (exact) mass is 280 g/mol. The van der Waals surface area contributed by atoms with E-state index in [1.807, 2.05) is 6.07 Å². The fraction of sp³-hybridized carbons (Fsp3) is 0.0714. The van der Waals surface area contributed by atoms with Crippen molar-refractivity contribution in [2.24, 2.45) is 0 Å². The summed E-state index contributed by atoms with van der Waals surface area (Å²) in [5.74, 6) is 0.216. The Morgan fingerprint density at radius 3 is 2.83 bits per heavy atom. The predicted octanol–water partition coefficient (Wildman–Crippen LogP) is 4.58. The van der Waals surface area contributed by atoms with Crippen LogP contribution in [0, 0.1) is 5.82 Å². The Hall–Kier alpha value is -1.32. The Kier molecular flexibility index (Phi) is 4.39. The molecule has 0 amide bonds. The zero-order valence-corrected chi connectivity index (χ0v) is 11.0. The van der Waals surface area contributed by atoms with Crippen molar-refractivity contribution in [2.75, 3.05) is 0 Å². The summed E-state index contributed by atoms with van der Waals surface area (Å²) < 4.78 is 13.5. The minimum absolute atomic E-state index is 0.265. The van der Waals surface area contributed by atoms with Crippen LogP contribution in [0.2, 0.25) is 5.02 Å². The smallest absolute Gasteiger partial charge is 0.150 e. The first-order chi connectivity index (χ1) is 8.69. The third kappa shape index (κ3) is 3.34. The number of carbonyl (C=O) groups is 1. The normalized spacial score (nSPS) is 10.3. The minimum atomic E-state index is -0.265. The molecule has 0 fully saturated rings. The van der Waals surface area contributed by atoms with Gasteiger partial charge in [0.2, 0.25) is 0 Å². The van der Waals surface area contributed by atoms with Gasteiger partial charge in [-0.3, -0.25) is 4.79 Å². The van der Waals surface area contributed by atoms with Crippen LogP contribution in [-0.2, 0) is 5.75 Å². The second-order valence-corrected chi connectivity index (χ2v) is 5.20. The van der Waals surface area contributed by atoms with Gasteiger partial charge in [-0.2, -0.15) is 0 Å². The number of hydrogen-bond donors (Lipinski definition) is 0. The van der Waals surface area contributed by atoms with Crippen LogP contribution in [0.25, 0.3) is 0 Å². The van der Waals surface area contributed by atoms with Crippen molar-refractivity contribution in [1.82, 2.24) is 0 Å². The summed E-state index contributed by atoms with van der Waals surface area (Å²) >= 11 is 7.29. The van der Waals surface area contributed by atoms with Gasteiger partial charge in [-0.25, -0.2) is 4.39 Å². The fourth-order valence-electron chi connectivity index (χ4n) is 1.49. The van der Waals surface area contributed by atoms with Crippen molar-refractivity contribution >= 4 is 29.6 Å². The van der Waals surface area contributed by atoms with Gasteiger partial charge in [-0.15, -0.1) is 11.8 Å². The van der Waals surface area contributed by atoms with Gasteiger partial charge in [0.1, 0.15) is 12.1 Å². The first kappa shape index (κ1) is 13.1. The Morgan fingerprint density at radius 1 is 1.22 bits per heavy atom. The van der Waals surface area contributed by atoms with Crippen LogP contribution in [0.5, 0.6) is 0 Å². The van der Waals surface area contributed by atoms with Crippen molar-refractivity contribution in [1.29, 1.82) is 0 Å². The SMILES string of the molecule is O=Cc1cccc(SCc2cc(Cl)ccc2F)c1. The Bertz CT molecular complexity index is 571. The van der Waals surface area contributed by atoms with Gasteiger partial charge >= 0.3 is 0 Å². The molecular weight excluding hydrogens is 271 g/mol. The van der Waals surface area contributed by atoms with Gasteiger partial charge in [0, 0.05) is 21.2 Å². The fourth-order valence-corrected chi connectivity index (χ4v) is 2.62. The van der Waals surface area contributed by atoms with E-state index < -0.39 is 0 Å². The summed E-state index contributed by atoms with van der Waals surface area (Å²) in [5.41, 5.74) is 1.18. The molecule has 0 saturated heterocycles. The third-order valence-electron chi connectivity index (χ3n) is 2.40. The summed E-state index contributed by atoms with van der Waals surface area (Å²) in [7, 11) is 0. The lowest BCUT2D eigenvalue weighted by Crippen LogP contribution is -1.88. The Balaban J connectivity index is 2.11. The topological polar surface area (TPSA) is 17.1 Å². The molecule has 0 aromatic heterocycles. The van der Waals surface area contributed by atoms with Gasteiger partial charge in [-0.1, -0.05) is 23.7 Å². The maximum Gasteiger partial charge on any atom is 0.150 e. The molecule has 0 spiro atoms. The molecule has 2 rings (SSSR count). The van der Waals surface area contributed by atoms with E-state index >= 15 is 0 Å². The van der Waals surface area contributed by atoms with Crippen LogP contribution >= 0.6 is 23.4 Å². The Morgan fingerprint density at radius 2 is 2.06 bits per heavy atom. The van der Waals surface area contributed by atoms with E-state index in [4.69, 9.17) is 11.6 Å². The van der Waals surface area contributed by atoms with Gasteiger partial charge in [0.15, 0.2) is 0 Å². The summed E-state index contributed by atoms with van der Waals surface area (Å²) in [4.78, 5) is 11.6. The van der Waals surface area contributed by atoms with Crippen LogP contribution < -0.4 is 0 Å². The lowest BCUT2D eigenvalue weighted by molar-refractivity contribution is 0.112. The molecular formula is C14H10ClFOS. The van der Waals surface area contributed by atoms with Gasteiger partial charge in [0.05, 0.1) is 0 Å². The first-order valence-electron chi connectivity index (χ1n) is 5.31. The molecule has 2 aromatic rings. The second-order valence-electron chi connectivity index (χ2n) is 3.71. The average Bonchev–Trinajstić information content (AvgIpc) is 2.40. The van der Waals surface area contributed by atoms with Gasteiger partial charge in [0.25, 0.3) is 0 Å². The summed E-state index contributed by atoms with van der Waals surface area (Å²) in [6.07, 6.45) is 0.796. The number of rotatable bonds is 4. The lowest BCUT2D eigenvalue weighted by Gasteiger charge is -2.04. The molecule has 0 atom stereocenters. The molecule has 0 unspecified atom stereocenters. The summed E-state index contributed by atoms with van der Waals surface area (Å²) in [6.45, 7) is 0. The zero-order valence-electron chi connectivity index (χ0n) is 9.40. The lowest BCUT2D eigenvalue weighted by atomic mass is 10.2. The van der Waals surface area contributed by atoms with E-state index in [-0.39, 0.29) is 5.82 Å². The van der Waals surface area contributed by atoms with Gasteiger partial charge < -0.3 is 0 Å². The molecule has 0 radical (unpaired) electrons. The number of hydrogen-bond acceptors (Lipinski definition) is 2. The highest BCUT2D eigenvalue weighted by atomic mass is 35.5. The predicted molar refractivity (Wildman–Crippen MR) is 72.8 cm³/mol. The Labute approximate surface area is 114 Å². The molecule has 0 aliphatic heterocycles. The maximum absolute atomic E-state index is 13.5. The molecule has 0 saturated carbocycles. The highest BCUT2D eigenvalue weighted by Gasteiger charge is 2.04. The maximum atomic E-state index is 13.5. The van der Waals surface area contributed by atoms with Crippen molar-refractivity contribution in [2.45, 2.75) is 10.6 Å². The molecule has 18 heavy (non-hydrogen) atoms. The molecule has 0 bridgehead atoms. The molecule has 2 aromatic carbocycles. The molecule has 0 aliphatic carbocycles. The van der Waals surface area contributed by atoms with Gasteiger partial charge in [-0.05, 0) is 35.9 Å². The van der Waals surface area contributed by atoms with E-state index in [0.717, 1.165) is 11.2 Å². The van der Waals surface area contributed by atoms with Crippen LogP contribution in [0.15, 0.2) is 47.4 Å². The van der Waals surface area contributed by atoms with Crippen LogP contribution in [0.1, 0.15) is 15.9 Å². The van der Waals surface area contributed by atoms with E-state index in [0.29, 0.717) is 21.9 Å². The number of halogens is 2. The quantitative estimate of drug-likeness (QED) is 0.602. The summed E-state index contributed by atoms with van der Waals surface area (Å²) in [5, 5.41) is 0.522. The number of carbonyl (C=O) groups excluding carboxylic acids is 1. The van der Waals surface area contributed by atoms with Crippen molar-refractivity contribution in [3.8, 4) is 0 Å².